The van der Waals surface area contributed by atoms with Crippen LogP contribution in [0.4, 0.5) is 10.1 Å². The van der Waals surface area contributed by atoms with Gasteiger partial charge in [-0.25, -0.2) is 4.39 Å². The second kappa shape index (κ2) is 8.44. The van der Waals surface area contributed by atoms with E-state index in [0.717, 1.165) is 12.2 Å². The number of halogens is 2. The van der Waals surface area contributed by atoms with Crippen molar-refractivity contribution < 1.29 is 14.0 Å². The van der Waals surface area contributed by atoms with Gasteiger partial charge in [0, 0.05) is 57.9 Å². The van der Waals surface area contributed by atoms with Crippen LogP contribution in [0.25, 0.3) is 0 Å². The van der Waals surface area contributed by atoms with Gasteiger partial charge in [0.1, 0.15) is 5.82 Å². The van der Waals surface area contributed by atoms with Crippen LogP contribution in [0.15, 0.2) is 18.2 Å². The highest BCUT2D eigenvalue weighted by Gasteiger charge is 2.37. The number of amides is 2. The van der Waals surface area contributed by atoms with Crippen molar-refractivity contribution in [1.82, 2.24) is 14.7 Å². The summed E-state index contributed by atoms with van der Waals surface area (Å²) in [6, 6.07) is 4.69. The molecule has 1 aromatic carbocycles. The van der Waals surface area contributed by atoms with Crippen LogP contribution in [-0.4, -0.2) is 86.4 Å². The van der Waals surface area contributed by atoms with Crippen molar-refractivity contribution in [2.45, 2.75) is 6.42 Å². The Hall–Kier alpha value is -1.86. The van der Waals surface area contributed by atoms with E-state index in [1.807, 2.05) is 23.9 Å². The molecule has 2 amide bonds. The van der Waals surface area contributed by atoms with Crippen molar-refractivity contribution in [3.8, 4) is 0 Å². The van der Waals surface area contributed by atoms with E-state index >= 15 is 0 Å². The zero-order chi connectivity index (χ0) is 19.6. The Morgan fingerprint density at radius 3 is 2.59 bits per heavy atom. The number of benzene rings is 1. The molecule has 2 fully saturated rings. The molecule has 0 aromatic heterocycles. The fraction of sp³-hybridized carbons (Fsp3) is 0.579. The first-order chi connectivity index (χ1) is 12.8. The number of likely N-dealkylation sites (N-methyl/N-ethyl adjacent to an activating group) is 1. The van der Waals surface area contributed by atoms with Gasteiger partial charge in [0.2, 0.25) is 11.8 Å². The Labute approximate surface area is 164 Å². The van der Waals surface area contributed by atoms with Crippen molar-refractivity contribution in [3.63, 3.8) is 0 Å². The third-order valence-electron chi connectivity index (χ3n) is 5.24. The summed E-state index contributed by atoms with van der Waals surface area (Å²) in [6.07, 6.45) is 0.306. The van der Waals surface area contributed by atoms with E-state index in [2.05, 4.69) is 4.90 Å². The molecule has 0 aliphatic carbocycles. The fourth-order valence-electron chi connectivity index (χ4n) is 3.60. The summed E-state index contributed by atoms with van der Waals surface area (Å²) in [6.45, 7) is 4.49. The molecule has 2 saturated heterocycles. The van der Waals surface area contributed by atoms with Crippen LogP contribution < -0.4 is 4.90 Å². The molecule has 0 radical (unpaired) electrons. The van der Waals surface area contributed by atoms with Crippen molar-refractivity contribution in [2.75, 3.05) is 64.8 Å². The second-order valence-electron chi connectivity index (χ2n) is 7.45. The van der Waals surface area contributed by atoms with Crippen molar-refractivity contribution in [1.29, 1.82) is 0 Å². The molecule has 3 rings (SSSR count). The Morgan fingerprint density at radius 2 is 1.96 bits per heavy atom. The van der Waals surface area contributed by atoms with E-state index in [1.54, 1.807) is 17.0 Å². The molecule has 1 aromatic rings. The average Bonchev–Trinajstić information content (AvgIpc) is 3.02. The van der Waals surface area contributed by atoms with Crippen LogP contribution in [0.1, 0.15) is 6.42 Å². The Bertz CT molecular complexity index is 707. The van der Waals surface area contributed by atoms with Gasteiger partial charge in [-0.05, 0) is 32.3 Å². The monoisotopic (exact) mass is 396 g/mol. The summed E-state index contributed by atoms with van der Waals surface area (Å²) in [5.41, 5.74) is 0.861. The van der Waals surface area contributed by atoms with Gasteiger partial charge in [0.05, 0.1) is 10.9 Å². The standard InChI is InChI=1S/C19H26ClFN4O2/c1-22(2)5-6-25-13-14(11-18(25)26)19(27)24-9-7-23(8-10-24)15-3-4-17(21)16(20)12-15/h3-4,12,14H,5-11,13H2,1-2H3. The van der Waals surface area contributed by atoms with Crippen LogP contribution >= 0.6 is 11.6 Å². The maximum atomic E-state index is 13.3. The van der Waals surface area contributed by atoms with Gasteiger partial charge >= 0.3 is 0 Å². The van der Waals surface area contributed by atoms with Gasteiger partial charge in [-0.15, -0.1) is 0 Å². The highest BCUT2D eigenvalue weighted by atomic mass is 35.5. The Kier molecular flexibility index (Phi) is 6.22. The van der Waals surface area contributed by atoms with E-state index in [-0.39, 0.29) is 22.8 Å². The van der Waals surface area contributed by atoms with Gasteiger partial charge < -0.3 is 19.6 Å². The molecule has 1 atom stereocenters. The molecule has 2 heterocycles. The molecule has 0 spiro atoms. The number of hydrogen-bond donors (Lipinski definition) is 0. The van der Waals surface area contributed by atoms with E-state index in [4.69, 9.17) is 11.6 Å². The van der Waals surface area contributed by atoms with Crippen LogP contribution in [0, 0.1) is 11.7 Å². The molecule has 1 unspecified atom stereocenters. The van der Waals surface area contributed by atoms with E-state index in [1.165, 1.54) is 6.07 Å². The lowest BCUT2D eigenvalue weighted by atomic mass is 10.1. The first kappa shape index (κ1) is 19.9. The SMILES string of the molecule is CN(C)CCN1CC(C(=O)N2CCN(c3ccc(F)c(Cl)c3)CC2)CC1=O. The normalized spacial score (nSPS) is 20.7. The zero-order valence-corrected chi connectivity index (χ0v) is 16.6. The summed E-state index contributed by atoms with van der Waals surface area (Å²) in [5.74, 6) is -0.548. The largest absolute Gasteiger partial charge is 0.368 e. The van der Waals surface area contributed by atoms with Crippen molar-refractivity contribution in [2.24, 2.45) is 5.92 Å². The molecule has 0 bridgehead atoms. The summed E-state index contributed by atoms with van der Waals surface area (Å²) >= 11 is 5.86. The molecular weight excluding hydrogens is 371 g/mol. The maximum absolute atomic E-state index is 13.3. The second-order valence-corrected chi connectivity index (χ2v) is 7.86. The predicted molar refractivity (Wildman–Crippen MR) is 103 cm³/mol. The molecule has 0 saturated carbocycles. The zero-order valence-electron chi connectivity index (χ0n) is 15.8. The minimum absolute atomic E-state index is 0.0625. The third kappa shape index (κ3) is 4.71. The van der Waals surface area contributed by atoms with Crippen LogP contribution in [0.3, 0.4) is 0 Å². The molecule has 6 nitrogen and oxygen atoms in total. The van der Waals surface area contributed by atoms with E-state index < -0.39 is 5.82 Å². The Balaban J connectivity index is 1.52. The molecule has 0 N–H and O–H groups in total. The number of nitrogens with zero attached hydrogens (tertiary/aromatic N) is 4. The average molecular weight is 397 g/mol. The number of likely N-dealkylation sites (tertiary alicyclic amines) is 1. The number of hydrogen-bond acceptors (Lipinski definition) is 4. The smallest absolute Gasteiger partial charge is 0.228 e. The lowest BCUT2D eigenvalue weighted by Gasteiger charge is -2.37. The van der Waals surface area contributed by atoms with Crippen LogP contribution in [0.2, 0.25) is 5.02 Å². The molecule has 8 heteroatoms. The summed E-state index contributed by atoms with van der Waals surface area (Å²) < 4.78 is 13.3. The lowest BCUT2D eigenvalue weighted by molar-refractivity contribution is -0.136. The van der Waals surface area contributed by atoms with Crippen LogP contribution in [-0.2, 0) is 9.59 Å². The van der Waals surface area contributed by atoms with Crippen molar-refractivity contribution >= 4 is 29.1 Å². The number of anilines is 1. The quantitative estimate of drug-likeness (QED) is 0.757. The maximum Gasteiger partial charge on any atom is 0.228 e. The topological polar surface area (TPSA) is 47.1 Å². The van der Waals surface area contributed by atoms with Gasteiger partial charge in [-0.1, -0.05) is 11.6 Å². The summed E-state index contributed by atoms with van der Waals surface area (Å²) in [4.78, 5) is 32.7. The first-order valence-corrected chi connectivity index (χ1v) is 9.64. The highest BCUT2D eigenvalue weighted by Crippen LogP contribution is 2.25. The predicted octanol–water partition coefficient (Wildman–Crippen LogP) is 1.54. The van der Waals surface area contributed by atoms with E-state index in [9.17, 15) is 14.0 Å². The first-order valence-electron chi connectivity index (χ1n) is 9.26. The number of carbonyl (C=O) groups is 2. The van der Waals surface area contributed by atoms with Crippen molar-refractivity contribution in [3.05, 3.63) is 29.0 Å². The third-order valence-corrected chi connectivity index (χ3v) is 5.53. The van der Waals surface area contributed by atoms with Gasteiger partial charge in [0.25, 0.3) is 0 Å². The van der Waals surface area contributed by atoms with E-state index in [0.29, 0.717) is 45.7 Å². The fourth-order valence-corrected chi connectivity index (χ4v) is 3.77. The molecule has 2 aliphatic heterocycles. The number of piperazine rings is 1. The summed E-state index contributed by atoms with van der Waals surface area (Å²) in [7, 11) is 3.94. The lowest BCUT2D eigenvalue weighted by Crippen LogP contribution is -2.50. The minimum Gasteiger partial charge on any atom is -0.368 e. The minimum atomic E-state index is -0.432. The van der Waals surface area contributed by atoms with Gasteiger partial charge in [-0.3, -0.25) is 9.59 Å². The number of rotatable bonds is 5. The molecule has 2 aliphatic rings. The van der Waals surface area contributed by atoms with Gasteiger partial charge in [-0.2, -0.15) is 0 Å². The number of carbonyl (C=O) groups excluding carboxylic acids is 2. The summed E-state index contributed by atoms with van der Waals surface area (Å²) in [5, 5.41) is 0.105. The molecule has 27 heavy (non-hydrogen) atoms. The molecular formula is C19H26ClFN4O2. The van der Waals surface area contributed by atoms with Crippen LogP contribution in [0.5, 0.6) is 0 Å². The highest BCUT2D eigenvalue weighted by molar-refractivity contribution is 6.31. The van der Waals surface area contributed by atoms with Gasteiger partial charge in [0.15, 0.2) is 0 Å². The Morgan fingerprint density at radius 1 is 1.26 bits per heavy atom. The molecule has 148 valence electrons.